The summed E-state index contributed by atoms with van der Waals surface area (Å²) in [4.78, 5) is 14.5. The number of para-hydroxylation sites is 3. The molecular formula is C48H34N4. The highest BCUT2D eigenvalue weighted by Crippen LogP contribution is 2.61. The Morgan fingerprint density at radius 1 is 0.385 bits per heavy atom. The second-order valence-corrected chi connectivity index (χ2v) is 13.4. The summed E-state index contributed by atoms with van der Waals surface area (Å²) >= 11 is 0. The molecule has 2 atom stereocenters. The summed E-state index contributed by atoms with van der Waals surface area (Å²) in [5.74, 6) is 0.0833. The lowest BCUT2D eigenvalue weighted by atomic mass is 9.84. The lowest BCUT2D eigenvalue weighted by Crippen LogP contribution is -2.23. The fraction of sp³-hybridized carbons (Fsp3) is 0.0417. The maximum absolute atomic E-state index is 4.95. The maximum atomic E-state index is 4.95. The van der Waals surface area contributed by atoms with Gasteiger partial charge in [-0.2, -0.15) is 0 Å². The molecule has 8 aromatic rings. The highest BCUT2D eigenvalue weighted by molar-refractivity contribution is 5.90. The molecule has 52 heavy (non-hydrogen) atoms. The third-order valence-electron chi connectivity index (χ3n) is 10.5. The van der Waals surface area contributed by atoms with Gasteiger partial charge in [0.05, 0.1) is 40.7 Å². The van der Waals surface area contributed by atoms with Gasteiger partial charge in [0.1, 0.15) is 0 Å². The Balaban J connectivity index is 1.20. The highest BCUT2D eigenvalue weighted by Gasteiger charge is 2.45. The Kier molecular flexibility index (Phi) is 7.24. The van der Waals surface area contributed by atoms with Crippen LogP contribution in [-0.4, -0.2) is 9.97 Å². The summed E-state index contributed by atoms with van der Waals surface area (Å²) in [5, 5.41) is 0. The molecule has 0 amide bonds. The minimum atomic E-state index is -0.00634. The van der Waals surface area contributed by atoms with E-state index in [0.717, 1.165) is 22.8 Å². The van der Waals surface area contributed by atoms with E-state index in [4.69, 9.17) is 4.98 Å². The van der Waals surface area contributed by atoms with Crippen molar-refractivity contribution in [1.29, 1.82) is 0 Å². The lowest BCUT2D eigenvalue weighted by molar-refractivity contribution is 0.665. The van der Waals surface area contributed by atoms with Crippen molar-refractivity contribution in [3.8, 4) is 33.6 Å². The molecule has 2 aliphatic heterocycles. The molecule has 0 aliphatic carbocycles. The minimum Gasteiger partial charge on any atom is -0.331 e. The Labute approximate surface area is 304 Å². The van der Waals surface area contributed by atoms with Crippen molar-refractivity contribution in [3.63, 3.8) is 0 Å². The molecule has 4 nitrogen and oxygen atoms in total. The average Bonchev–Trinajstić information content (AvgIpc) is 3.51. The largest absolute Gasteiger partial charge is 0.331 e. The van der Waals surface area contributed by atoms with Crippen molar-refractivity contribution >= 4 is 28.4 Å². The first-order valence-electron chi connectivity index (χ1n) is 17.8. The monoisotopic (exact) mass is 666 g/mol. The summed E-state index contributed by atoms with van der Waals surface area (Å²) in [6, 6.07) is 65.5. The van der Waals surface area contributed by atoms with Gasteiger partial charge in [-0.1, -0.05) is 121 Å². The molecule has 4 heteroatoms. The molecule has 0 saturated heterocycles. The number of nitrogens with zero attached hydrogens (tertiary/aromatic N) is 4. The van der Waals surface area contributed by atoms with Gasteiger partial charge in [-0.15, -0.1) is 0 Å². The molecule has 246 valence electrons. The van der Waals surface area contributed by atoms with Crippen LogP contribution in [0.2, 0.25) is 0 Å². The maximum Gasteiger partial charge on any atom is 0.0887 e. The zero-order chi connectivity index (χ0) is 34.4. The van der Waals surface area contributed by atoms with Crippen molar-refractivity contribution in [2.45, 2.75) is 12.0 Å². The third kappa shape index (κ3) is 4.99. The van der Waals surface area contributed by atoms with E-state index in [9.17, 15) is 0 Å². The molecule has 10 rings (SSSR count). The lowest BCUT2D eigenvalue weighted by Gasteiger charge is -2.32. The fourth-order valence-corrected chi connectivity index (χ4v) is 8.23. The Hall–Kier alpha value is -6.78. The average molecular weight is 667 g/mol. The molecule has 4 heterocycles. The van der Waals surface area contributed by atoms with Gasteiger partial charge in [0.2, 0.25) is 0 Å². The third-order valence-corrected chi connectivity index (χ3v) is 10.5. The quantitative estimate of drug-likeness (QED) is 0.183. The number of fused-ring (bicyclic) bond motifs is 7. The van der Waals surface area contributed by atoms with Crippen LogP contribution in [0.3, 0.4) is 0 Å². The topological polar surface area (TPSA) is 32.3 Å². The number of hydrogen-bond donors (Lipinski definition) is 0. The van der Waals surface area contributed by atoms with Crippen molar-refractivity contribution in [2.75, 3.05) is 9.80 Å². The van der Waals surface area contributed by atoms with E-state index in [1.54, 1.807) is 0 Å². The highest BCUT2D eigenvalue weighted by atomic mass is 15.2. The van der Waals surface area contributed by atoms with Crippen molar-refractivity contribution in [2.24, 2.45) is 0 Å². The number of anilines is 5. The second-order valence-electron chi connectivity index (χ2n) is 13.4. The molecule has 2 aromatic heterocycles. The van der Waals surface area contributed by atoms with Crippen LogP contribution in [0.1, 0.15) is 28.7 Å². The Morgan fingerprint density at radius 2 is 0.923 bits per heavy atom. The molecule has 0 radical (unpaired) electrons. The van der Waals surface area contributed by atoms with E-state index >= 15 is 0 Å². The zero-order valence-electron chi connectivity index (χ0n) is 28.4. The number of benzene rings is 6. The number of aromatic nitrogens is 2. The van der Waals surface area contributed by atoms with E-state index in [1.807, 2.05) is 30.6 Å². The van der Waals surface area contributed by atoms with Crippen LogP contribution in [0.25, 0.3) is 33.6 Å². The predicted molar refractivity (Wildman–Crippen MR) is 213 cm³/mol. The molecule has 0 fully saturated rings. The first-order valence-corrected chi connectivity index (χ1v) is 17.8. The van der Waals surface area contributed by atoms with Crippen molar-refractivity contribution in [3.05, 3.63) is 211 Å². The first kappa shape index (κ1) is 30.1. The first-order chi connectivity index (χ1) is 25.8. The van der Waals surface area contributed by atoms with Gasteiger partial charge in [0.25, 0.3) is 0 Å². The SMILES string of the molecule is c1ccc(-c2cc(-c3ccccc3)cc(N3c4ccccc4C4c5ccccc5N(c5ccc(-c6ccccn6)nc5)C4c4ccccc43)c2)cc1. The van der Waals surface area contributed by atoms with Gasteiger partial charge in [0, 0.05) is 23.5 Å². The summed E-state index contributed by atoms with van der Waals surface area (Å²) in [5.41, 5.74) is 16.1. The van der Waals surface area contributed by atoms with Gasteiger partial charge < -0.3 is 9.80 Å². The molecule has 0 saturated carbocycles. The molecule has 0 N–H and O–H groups in total. The summed E-state index contributed by atoms with van der Waals surface area (Å²) in [7, 11) is 0. The summed E-state index contributed by atoms with van der Waals surface area (Å²) in [6.45, 7) is 0. The zero-order valence-corrected chi connectivity index (χ0v) is 28.4. The van der Waals surface area contributed by atoms with Gasteiger partial charge in [-0.3, -0.25) is 9.97 Å². The van der Waals surface area contributed by atoms with Gasteiger partial charge in [0.15, 0.2) is 0 Å². The summed E-state index contributed by atoms with van der Waals surface area (Å²) < 4.78 is 0. The molecule has 0 bridgehead atoms. The van der Waals surface area contributed by atoms with E-state index < -0.39 is 0 Å². The van der Waals surface area contributed by atoms with Crippen molar-refractivity contribution in [1.82, 2.24) is 9.97 Å². The Morgan fingerprint density at radius 3 is 1.54 bits per heavy atom. The number of pyridine rings is 2. The number of hydrogen-bond acceptors (Lipinski definition) is 4. The number of rotatable bonds is 5. The minimum absolute atomic E-state index is 0.00634. The van der Waals surface area contributed by atoms with Gasteiger partial charge in [-0.05, 0) is 99.6 Å². The van der Waals surface area contributed by atoms with E-state index in [-0.39, 0.29) is 12.0 Å². The smallest absolute Gasteiger partial charge is 0.0887 e. The predicted octanol–water partition coefficient (Wildman–Crippen LogP) is 12.3. The molecule has 2 unspecified atom stereocenters. The molecule has 2 aliphatic rings. The standard InChI is InChI=1S/C48H34N4/c1-3-15-33(16-4-1)35-29-36(34-17-5-2-6-18-34)31-38(30-35)51-44-23-10-7-19-39(44)47-40-20-8-11-24-45(40)52(48(47)41-21-9-12-25-46(41)51)37-26-27-43(50-32-37)42-22-13-14-28-49-42/h1-32,47-48H. The van der Waals surface area contributed by atoms with E-state index in [1.165, 1.54) is 56.0 Å². The Bertz CT molecular complexity index is 2470. The van der Waals surface area contributed by atoms with E-state index in [0.29, 0.717) is 0 Å². The van der Waals surface area contributed by atoms with E-state index in [2.05, 4.69) is 179 Å². The normalized spacial score (nSPS) is 15.6. The van der Waals surface area contributed by atoms with Crippen LogP contribution in [0.5, 0.6) is 0 Å². The van der Waals surface area contributed by atoms with Crippen LogP contribution < -0.4 is 9.80 Å². The van der Waals surface area contributed by atoms with Crippen LogP contribution in [0.15, 0.2) is 194 Å². The van der Waals surface area contributed by atoms with Crippen LogP contribution >= 0.6 is 0 Å². The summed E-state index contributed by atoms with van der Waals surface area (Å²) in [6.07, 6.45) is 3.83. The van der Waals surface area contributed by atoms with Crippen LogP contribution in [0.4, 0.5) is 28.4 Å². The van der Waals surface area contributed by atoms with Crippen LogP contribution in [0, 0.1) is 0 Å². The van der Waals surface area contributed by atoms with Crippen molar-refractivity contribution < 1.29 is 0 Å². The fourth-order valence-electron chi connectivity index (χ4n) is 8.23. The molecule has 6 aromatic carbocycles. The molecule has 0 spiro atoms. The molecular weight excluding hydrogens is 633 g/mol. The second kappa shape index (κ2) is 12.5. The van der Waals surface area contributed by atoms with Gasteiger partial charge >= 0.3 is 0 Å². The van der Waals surface area contributed by atoms with Crippen LogP contribution in [-0.2, 0) is 0 Å². The van der Waals surface area contributed by atoms with Gasteiger partial charge in [-0.25, -0.2) is 0 Å².